The average molecular weight is 195 g/mol. The molecule has 1 saturated heterocycles. The quantitative estimate of drug-likeness (QED) is 0.685. The molecule has 1 aliphatic carbocycles. The molecule has 1 aliphatic heterocycles. The van der Waals surface area contributed by atoms with Gasteiger partial charge in [0.2, 0.25) is 5.13 Å². The predicted octanol–water partition coefficient (Wildman–Crippen LogP) is 1.92. The fourth-order valence-corrected chi connectivity index (χ4v) is 3.21. The Hall–Kier alpha value is -0.640. The van der Waals surface area contributed by atoms with Crippen LogP contribution in [0.1, 0.15) is 25.7 Å². The zero-order chi connectivity index (χ0) is 8.73. The molecule has 0 aromatic carbocycles. The number of anilines is 1. The molecule has 3 nitrogen and oxygen atoms in total. The normalized spacial score (nSPS) is 25.1. The largest absolute Gasteiger partial charge is 0.345 e. The zero-order valence-electron chi connectivity index (χ0n) is 7.57. The van der Waals surface area contributed by atoms with E-state index in [4.69, 9.17) is 0 Å². The molecule has 0 amide bonds. The summed E-state index contributed by atoms with van der Waals surface area (Å²) in [6, 6.07) is 0. The third kappa shape index (κ3) is 1.15. The van der Waals surface area contributed by atoms with E-state index in [0.29, 0.717) is 5.41 Å². The molecule has 0 N–H and O–H groups in total. The summed E-state index contributed by atoms with van der Waals surface area (Å²) in [5, 5.41) is 9.06. The molecule has 2 heterocycles. The van der Waals surface area contributed by atoms with E-state index in [-0.39, 0.29) is 0 Å². The Morgan fingerprint density at radius 3 is 2.69 bits per heavy atom. The van der Waals surface area contributed by atoms with Crippen molar-refractivity contribution in [3.63, 3.8) is 0 Å². The van der Waals surface area contributed by atoms with Crippen molar-refractivity contribution in [3.05, 3.63) is 5.51 Å². The Morgan fingerprint density at radius 1 is 1.31 bits per heavy atom. The lowest BCUT2D eigenvalue weighted by molar-refractivity contribution is 0.221. The Labute approximate surface area is 81.8 Å². The molecule has 2 fully saturated rings. The average Bonchev–Trinajstić information content (AvgIpc) is 2.72. The Kier molecular flexibility index (Phi) is 1.59. The van der Waals surface area contributed by atoms with Crippen LogP contribution in [0.15, 0.2) is 5.51 Å². The van der Waals surface area contributed by atoms with Gasteiger partial charge in [-0.1, -0.05) is 24.2 Å². The van der Waals surface area contributed by atoms with Gasteiger partial charge in [0.25, 0.3) is 0 Å². The first-order valence-corrected chi connectivity index (χ1v) is 5.77. The lowest BCUT2D eigenvalue weighted by Crippen LogP contribution is -2.55. The summed E-state index contributed by atoms with van der Waals surface area (Å²) in [5.74, 6) is 0. The third-order valence-electron chi connectivity index (χ3n) is 3.34. The molecule has 13 heavy (non-hydrogen) atoms. The molecule has 1 aromatic rings. The van der Waals surface area contributed by atoms with Crippen molar-refractivity contribution < 1.29 is 0 Å². The van der Waals surface area contributed by atoms with Gasteiger partial charge in [0, 0.05) is 18.5 Å². The van der Waals surface area contributed by atoms with E-state index < -0.39 is 0 Å². The van der Waals surface area contributed by atoms with Crippen LogP contribution < -0.4 is 4.90 Å². The van der Waals surface area contributed by atoms with Crippen molar-refractivity contribution in [3.8, 4) is 0 Å². The summed E-state index contributed by atoms with van der Waals surface area (Å²) in [4.78, 5) is 2.36. The lowest BCUT2D eigenvalue weighted by Gasteiger charge is -2.48. The van der Waals surface area contributed by atoms with Gasteiger partial charge in [-0.2, -0.15) is 0 Å². The maximum atomic E-state index is 4.09. The van der Waals surface area contributed by atoms with Crippen LogP contribution in [-0.4, -0.2) is 23.3 Å². The monoisotopic (exact) mass is 195 g/mol. The second-order valence-electron chi connectivity index (χ2n) is 4.28. The second kappa shape index (κ2) is 2.67. The van der Waals surface area contributed by atoms with Gasteiger partial charge in [0.1, 0.15) is 5.51 Å². The fourth-order valence-electron chi connectivity index (χ4n) is 2.64. The van der Waals surface area contributed by atoms with E-state index >= 15 is 0 Å². The lowest BCUT2D eigenvalue weighted by atomic mass is 9.79. The van der Waals surface area contributed by atoms with E-state index in [1.807, 2.05) is 5.51 Å². The summed E-state index contributed by atoms with van der Waals surface area (Å²) in [6.45, 7) is 2.45. The number of rotatable bonds is 1. The van der Waals surface area contributed by atoms with Gasteiger partial charge in [0.15, 0.2) is 0 Å². The molecular weight excluding hydrogens is 182 g/mol. The van der Waals surface area contributed by atoms with E-state index in [2.05, 4.69) is 15.1 Å². The SMILES string of the molecule is c1nnc(N2CC3(CCCC3)C2)s1. The van der Waals surface area contributed by atoms with E-state index in [1.54, 1.807) is 11.3 Å². The minimum atomic E-state index is 0.672. The molecule has 0 bridgehead atoms. The molecule has 1 aromatic heterocycles. The number of aromatic nitrogens is 2. The van der Waals surface area contributed by atoms with Crippen LogP contribution in [0, 0.1) is 5.41 Å². The highest BCUT2D eigenvalue weighted by Gasteiger charge is 2.45. The minimum Gasteiger partial charge on any atom is -0.345 e. The van der Waals surface area contributed by atoms with Crippen LogP contribution in [-0.2, 0) is 0 Å². The van der Waals surface area contributed by atoms with Crippen LogP contribution in [0.4, 0.5) is 5.13 Å². The van der Waals surface area contributed by atoms with Crippen LogP contribution in [0.3, 0.4) is 0 Å². The number of nitrogens with zero attached hydrogens (tertiary/aromatic N) is 3. The summed E-state index contributed by atoms with van der Waals surface area (Å²) >= 11 is 1.65. The fraction of sp³-hybridized carbons (Fsp3) is 0.778. The first-order valence-electron chi connectivity index (χ1n) is 4.89. The first-order chi connectivity index (χ1) is 6.38. The molecule has 1 spiro atoms. The van der Waals surface area contributed by atoms with E-state index in [9.17, 15) is 0 Å². The van der Waals surface area contributed by atoms with Crippen molar-refractivity contribution in [2.24, 2.45) is 5.41 Å². The molecule has 0 atom stereocenters. The Bertz CT molecular complexity index is 282. The standard InChI is InChI=1S/C9H13N3S/c1-2-4-9(3-1)5-12(6-9)8-11-10-7-13-8/h7H,1-6H2. The molecule has 2 aliphatic rings. The van der Waals surface area contributed by atoms with Crippen molar-refractivity contribution >= 4 is 16.5 Å². The van der Waals surface area contributed by atoms with Crippen LogP contribution in [0.2, 0.25) is 0 Å². The second-order valence-corrected chi connectivity index (χ2v) is 5.10. The van der Waals surface area contributed by atoms with Crippen molar-refractivity contribution in [1.29, 1.82) is 0 Å². The van der Waals surface area contributed by atoms with Gasteiger partial charge >= 0.3 is 0 Å². The van der Waals surface area contributed by atoms with Crippen molar-refractivity contribution in [2.45, 2.75) is 25.7 Å². The van der Waals surface area contributed by atoms with Crippen LogP contribution >= 0.6 is 11.3 Å². The highest BCUT2D eigenvalue weighted by Crippen LogP contribution is 2.46. The third-order valence-corrected chi connectivity index (χ3v) is 4.09. The molecule has 3 rings (SSSR count). The summed E-state index contributed by atoms with van der Waals surface area (Å²) in [7, 11) is 0. The van der Waals surface area contributed by atoms with Crippen molar-refractivity contribution in [2.75, 3.05) is 18.0 Å². The summed E-state index contributed by atoms with van der Waals surface area (Å²) in [6.07, 6.45) is 5.73. The van der Waals surface area contributed by atoms with E-state index in [0.717, 1.165) is 5.13 Å². The molecular formula is C9H13N3S. The molecule has 0 unspecified atom stereocenters. The topological polar surface area (TPSA) is 29.0 Å². The smallest absolute Gasteiger partial charge is 0.208 e. The summed E-state index contributed by atoms with van der Waals surface area (Å²) in [5.41, 5.74) is 2.49. The number of hydrogen-bond donors (Lipinski definition) is 0. The highest BCUT2D eigenvalue weighted by molar-refractivity contribution is 7.13. The Balaban J connectivity index is 1.68. The molecule has 0 radical (unpaired) electrons. The first kappa shape index (κ1) is 7.74. The van der Waals surface area contributed by atoms with Gasteiger partial charge in [0.05, 0.1) is 0 Å². The highest BCUT2D eigenvalue weighted by atomic mass is 32.1. The zero-order valence-corrected chi connectivity index (χ0v) is 8.39. The van der Waals surface area contributed by atoms with Gasteiger partial charge in [-0.25, -0.2) is 0 Å². The molecule has 70 valence electrons. The predicted molar refractivity (Wildman–Crippen MR) is 53.0 cm³/mol. The van der Waals surface area contributed by atoms with Gasteiger partial charge < -0.3 is 4.90 Å². The van der Waals surface area contributed by atoms with Crippen LogP contribution in [0.25, 0.3) is 0 Å². The minimum absolute atomic E-state index is 0.672. The molecule has 4 heteroatoms. The van der Waals surface area contributed by atoms with Gasteiger partial charge in [-0.15, -0.1) is 10.2 Å². The molecule has 1 saturated carbocycles. The maximum Gasteiger partial charge on any atom is 0.208 e. The van der Waals surface area contributed by atoms with Crippen LogP contribution in [0.5, 0.6) is 0 Å². The maximum absolute atomic E-state index is 4.09. The Morgan fingerprint density at radius 2 is 2.08 bits per heavy atom. The van der Waals surface area contributed by atoms with Gasteiger partial charge in [-0.05, 0) is 12.8 Å². The summed E-state index contributed by atoms with van der Waals surface area (Å²) < 4.78 is 0. The number of hydrogen-bond acceptors (Lipinski definition) is 4. The van der Waals surface area contributed by atoms with Gasteiger partial charge in [-0.3, -0.25) is 0 Å². The van der Waals surface area contributed by atoms with E-state index in [1.165, 1.54) is 38.8 Å². The van der Waals surface area contributed by atoms with Crippen molar-refractivity contribution in [1.82, 2.24) is 10.2 Å².